The van der Waals surface area contributed by atoms with Gasteiger partial charge in [-0.2, -0.15) is 12.1 Å². The number of rotatable bonds is 8. The molecule has 1 aliphatic heterocycles. The Bertz CT molecular complexity index is 2730. The van der Waals surface area contributed by atoms with Gasteiger partial charge >= 0.3 is 0 Å². The number of benzene rings is 6. The minimum Gasteiger partial charge on any atom is -0.509 e. The largest absolute Gasteiger partial charge is 0.509 e. The van der Waals surface area contributed by atoms with Crippen LogP contribution in [0.3, 0.4) is 0 Å². The van der Waals surface area contributed by atoms with Crippen molar-refractivity contribution < 1.29 is 25.8 Å². The smallest absolute Gasteiger partial charge is 0.135 e. The Hall–Kier alpha value is -5.90. The van der Waals surface area contributed by atoms with Crippen molar-refractivity contribution >= 4 is 38.9 Å². The maximum absolute atomic E-state index is 6.60. The minimum atomic E-state index is -0.216. The summed E-state index contributed by atoms with van der Waals surface area (Å²) in [6.07, 6.45) is 4.09. The molecule has 0 saturated heterocycles. The summed E-state index contributed by atoms with van der Waals surface area (Å²) in [5, 5.41) is 2.22. The molecule has 0 unspecified atom stereocenters. The predicted octanol–water partition coefficient (Wildman–Crippen LogP) is 12.6. The van der Waals surface area contributed by atoms with Gasteiger partial charge in [-0.1, -0.05) is 131 Å². The Balaban J connectivity index is 0.00000455. The van der Waals surface area contributed by atoms with Gasteiger partial charge in [-0.3, -0.25) is 0 Å². The molecule has 2 aromatic heterocycles. The van der Waals surface area contributed by atoms with Crippen molar-refractivity contribution in [1.29, 1.82) is 0 Å². The Morgan fingerprint density at radius 3 is 2.11 bits per heavy atom. The summed E-state index contributed by atoms with van der Waals surface area (Å²) in [7, 11) is 0. The summed E-state index contributed by atoms with van der Waals surface area (Å²) >= 11 is 0. The van der Waals surface area contributed by atoms with Gasteiger partial charge in [0.15, 0.2) is 0 Å². The fraction of sp³-hybridized carbons (Fsp3) is 0.137. The van der Waals surface area contributed by atoms with Crippen LogP contribution in [0.1, 0.15) is 56.9 Å². The predicted molar refractivity (Wildman–Crippen MR) is 230 cm³/mol. The molecular formula is C51H43N4OPt-3. The Labute approximate surface area is 350 Å². The number of anilines is 2. The summed E-state index contributed by atoms with van der Waals surface area (Å²) in [6, 6.07) is 59.9. The second kappa shape index (κ2) is 15.2. The van der Waals surface area contributed by atoms with Gasteiger partial charge in [0.25, 0.3) is 0 Å². The van der Waals surface area contributed by atoms with E-state index in [1.807, 2.05) is 30.5 Å². The van der Waals surface area contributed by atoms with Gasteiger partial charge < -0.3 is 19.1 Å². The Kier molecular flexibility index (Phi) is 10.1. The van der Waals surface area contributed by atoms with Crippen molar-refractivity contribution in [3.63, 3.8) is 0 Å². The van der Waals surface area contributed by atoms with E-state index in [-0.39, 0.29) is 31.9 Å². The van der Waals surface area contributed by atoms with Crippen molar-refractivity contribution in [3.05, 3.63) is 205 Å². The first-order chi connectivity index (χ1) is 27.1. The minimum absolute atomic E-state index is 0. The second-order valence-corrected chi connectivity index (χ2v) is 15.9. The molecule has 3 heterocycles. The van der Waals surface area contributed by atoms with Crippen LogP contribution in [0.15, 0.2) is 164 Å². The average Bonchev–Trinajstić information content (AvgIpc) is 3.82. The molecule has 57 heavy (non-hydrogen) atoms. The summed E-state index contributed by atoms with van der Waals surface area (Å²) in [5.74, 6) is 2.03. The number of para-hydroxylation sites is 1. The monoisotopic (exact) mass is 922 g/mol. The van der Waals surface area contributed by atoms with Crippen LogP contribution in [0, 0.1) is 18.8 Å². The van der Waals surface area contributed by atoms with Gasteiger partial charge in [-0.05, 0) is 69.6 Å². The molecule has 0 radical (unpaired) electrons. The Morgan fingerprint density at radius 1 is 0.614 bits per heavy atom. The molecule has 0 spiro atoms. The molecule has 0 bridgehead atoms. The molecule has 9 rings (SSSR count). The van der Waals surface area contributed by atoms with Crippen molar-refractivity contribution in [2.24, 2.45) is 0 Å². The van der Waals surface area contributed by atoms with Crippen LogP contribution in [0.4, 0.5) is 11.4 Å². The maximum atomic E-state index is 6.60. The van der Waals surface area contributed by atoms with Gasteiger partial charge in [-0.15, -0.1) is 48.1 Å². The number of ether oxygens (including phenoxy) is 1. The fourth-order valence-corrected chi connectivity index (χ4v) is 7.58. The van der Waals surface area contributed by atoms with Gasteiger partial charge in [-0.25, -0.2) is 4.98 Å². The van der Waals surface area contributed by atoms with Crippen LogP contribution >= 0.6 is 0 Å². The summed E-state index contributed by atoms with van der Waals surface area (Å²) in [4.78, 5) is 9.27. The molecule has 1 aliphatic rings. The van der Waals surface area contributed by atoms with E-state index in [0.717, 1.165) is 50.3 Å². The molecule has 6 heteroatoms. The van der Waals surface area contributed by atoms with Crippen LogP contribution in [-0.2, 0) is 31.9 Å². The van der Waals surface area contributed by atoms with Gasteiger partial charge in [0.05, 0.1) is 0 Å². The van der Waals surface area contributed by atoms with E-state index in [0.29, 0.717) is 11.5 Å². The fourth-order valence-electron chi connectivity index (χ4n) is 7.58. The van der Waals surface area contributed by atoms with Crippen LogP contribution in [0.5, 0.6) is 11.5 Å². The number of nitrogens with zero attached hydrogens (tertiary/aromatic N) is 4. The first-order valence-corrected chi connectivity index (χ1v) is 19.1. The summed E-state index contributed by atoms with van der Waals surface area (Å²) < 4.78 is 8.79. The molecule has 0 amide bonds. The molecule has 286 valence electrons. The standard InChI is InChI=1S/C51H43N4O.Pt/c1-50(2,3)38-20-14-21-40(30-38)53-34-48(36-16-8-6-9-17-36)54(35-53)41-22-15-23-42(32-41)56-43-26-27-45-44-24-12-13-25-46(44)55(47(45)33-43)49-31-39(28-29-52-49)51(4,5)37-18-10-7-11-19-37;/h6-31,34-35H,1-5H3;/q-3;. The van der Waals surface area contributed by atoms with E-state index < -0.39 is 0 Å². The molecule has 6 aromatic carbocycles. The van der Waals surface area contributed by atoms with Gasteiger partial charge in [0.2, 0.25) is 0 Å². The van der Waals surface area contributed by atoms with E-state index in [1.54, 1.807) is 0 Å². The van der Waals surface area contributed by atoms with Crippen LogP contribution in [0.25, 0.3) is 33.3 Å². The number of fused-ring (bicyclic) bond motifs is 3. The number of aromatic nitrogens is 2. The third kappa shape index (κ3) is 7.29. The van der Waals surface area contributed by atoms with Crippen molar-refractivity contribution in [2.75, 3.05) is 9.80 Å². The van der Waals surface area contributed by atoms with E-state index in [1.165, 1.54) is 16.7 Å². The van der Waals surface area contributed by atoms with Crippen molar-refractivity contribution in [2.45, 2.75) is 45.4 Å². The van der Waals surface area contributed by atoms with Crippen LogP contribution in [0.2, 0.25) is 0 Å². The number of hydrogen-bond acceptors (Lipinski definition) is 4. The molecular weight excluding hydrogens is 880 g/mol. The summed E-state index contributed by atoms with van der Waals surface area (Å²) in [6.45, 7) is 13.4. The zero-order chi connectivity index (χ0) is 38.4. The third-order valence-electron chi connectivity index (χ3n) is 10.8. The molecule has 0 N–H and O–H groups in total. The Morgan fingerprint density at radius 2 is 1.32 bits per heavy atom. The SMILES string of the molecule is CC(C)(C)c1cccc(N2C=C(c3ccccc3)N(c3[c-]c(Oc4[c-]c5c(cc4)c4ccccc4n5-c4cc(C(C)(C)c5ccccc5)ccn4)ccc3)[CH-]2)c1.[Pt]. The maximum Gasteiger partial charge on any atom is 0.135 e. The number of pyridine rings is 1. The molecule has 0 fully saturated rings. The summed E-state index contributed by atoms with van der Waals surface area (Å²) in [5.41, 5.74) is 9.62. The molecule has 0 aliphatic carbocycles. The van der Waals surface area contributed by atoms with Gasteiger partial charge in [0, 0.05) is 61.1 Å². The second-order valence-electron chi connectivity index (χ2n) is 15.9. The van der Waals surface area contributed by atoms with Gasteiger partial charge in [0.1, 0.15) is 5.82 Å². The first-order valence-electron chi connectivity index (χ1n) is 19.1. The zero-order valence-electron chi connectivity index (χ0n) is 32.7. The van der Waals surface area contributed by atoms with Crippen molar-refractivity contribution in [1.82, 2.24) is 9.55 Å². The molecule has 0 saturated carbocycles. The quantitative estimate of drug-likeness (QED) is 0.142. The first kappa shape index (κ1) is 38.0. The van der Waals surface area contributed by atoms with E-state index in [2.05, 4.69) is 201 Å². The number of hydrogen-bond donors (Lipinski definition) is 0. The molecule has 5 nitrogen and oxygen atoms in total. The van der Waals surface area contributed by atoms with Crippen LogP contribution < -0.4 is 14.5 Å². The third-order valence-corrected chi connectivity index (χ3v) is 10.8. The average molecular weight is 923 g/mol. The normalized spacial score (nSPS) is 13.2. The van der Waals surface area contributed by atoms with E-state index >= 15 is 0 Å². The molecule has 0 atom stereocenters. The van der Waals surface area contributed by atoms with E-state index in [4.69, 9.17) is 9.72 Å². The zero-order valence-corrected chi connectivity index (χ0v) is 35.0. The van der Waals surface area contributed by atoms with Crippen LogP contribution in [-0.4, -0.2) is 9.55 Å². The van der Waals surface area contributed by atoms with E-state index in [9.17, 15) is 0 Å². The molecule has 8 aromatic rings. The topological polar surface area (TPSA) is 33.5 Å². The van der Waals surface area contributed by atoms with Crippen molar-refractivity contribution in [3.8, 4) is 17.3 Å².